The van der Waals surface area contributed by atoms with Gasteiger partial charge in [-0.2, -0.15) is 0 Å². The summed E-state index contributed by atoms with van der Waals surface area (Å²) < 4.78 is 10.1. The summed E-state index contributed by atoms with van der Waals surface area (Å²) >= 11 is 0. The zero-order chi connectivity index (χ0) is 15.2. The number of morpholine rings is 1. The van der Waals surface area contributed by atoms with Crippen LogP contribution in [0.3, 0.4) is 0 Å². The number of benzene rings is 1. The number of carbonyl (C=O) groups excluding carboxylic acids is 1. The highest BCUT2D eigenvalue weighted by atomic mass is 16.5. The van der Waals surface area contributed by atoms with E-state index in [4.69, 9.17) is 14.6 Å². The number of amides is 1. The zero-order valence-electron chi connectivity index (χ0n) is 11.7. The number of hydrogen-bond acceptors (Lipinski definition) is 4. The molecule has 6 heteroatoms. The molecule has 1 aliphatic heterocycles. The largest absolute Gasteiger partial charge is 0.497 e. The van der Waals surface area contributed by atoms with Crippen LogP contribution in [0.25, 0.3) is 6.08 Å². The van der Waals surface area contributed by atoms with Crippen LogP contribution in [-0.2, 0) is 14.3 Å². The minimum Gasteiger partial charge on any atom is -0.497 e. The molecule has 6 nitrogen and oxygen atoms in total. The highest BCUT2D eigenvalue weighted by Crippen LogP contribution is 2.13. The van der Waals surface area contributed by atoms with Crippen LogP contribution in [0.1, 0.15) is 5.56 Å². The number of carboxylic acid groups (broad SMARTS) is 1. The van der Waals surface area contributed by atoms with E-state index >= 15 is 0 Å². The SMILES string of the molecule is COc1ccc(C=CC(=O)N2CCOC(C(=O)O)C2)cc1. The first kappa shape index (κ1) is 15.1. The molecule has 1 aliphatic rings. The second kappa shape index (κ2) is 6.90. The number of nitrogens with zero attached hydrogens (tertiary/aromatic N) is 1. The Morgan fingerprint density at radius 1 is 1.38 bits per heavy atom. The third-order valence-corrected chi connectivity index (χ3v) is 3.19. The molecular formula is C15H17NO5. The number of carboxylic acids is 1. The molecule has 1 amide bonds. The van der Waals surface area contributed by atoms with Crippen molar-refractivity contribution in [1.29, 1.82) is 0 Å². The summed E-state index contributed by atoms with van der Waals surface area (Å²) in [6.07, 6.45) is 2.18. The second-order valence-corrected chi connectivity index (χ2v) is 4.59. The van der Waals surface area contributed by atoms with E-state index in [1.54, 1.807) is 25.3 Å². The molecule has 0 saturated carbocycles. The summed E-state index contributed by atoms with van der Waals surface area (Å²) in [5.74, 6) is -0.525. The predicted molar refractivity (Wildman–Crippen MR) is 76.0 cm³/mol. The van der Waals surface area contributed by atoms with E-state index in [1.807, 2.05) is 12.1 Å². The molecule has 0 spiro atoms. The van der Waals surface area contributed by atoms with E-state index in [0.717, 1.165) is 11.3 Å². The Hall–Kier alpha value is -2.34. The standard InChI is InChI=1S/C15H17NO5/c1-20-12-5-2-11(3-6-12)4-7-14(17)16-8-9-21-13(10-16)15(18)19/h2-7,13H,8-10H2,1H3,(H,18,19). The summed E-state index contributed by atoms with van der Waals surface area (Å²) in [7, 11) is 1.59. The van der Waals surface area contributed by atoms with Crippen molar-refractivity contribution in [1.82, 2.24) is 4.90 Å². The summed E-state index contributed by atoms with van der Waals surface area (Å²) in [6, 6.07) is 7.28. The Morgan fingerprint density at radius 2 is 2.10 bits per heavy atom. The number of rotatable bonds is 4. The van der Waals surface area contributed by atoms with Crippen LogP contribution < -0.4 is 4.74 Å². The fraction of sp³-hybridized carbons (Fsp3) is 0.333. The smallest absolute Gasteiger partial charge is 0.334 e. The second-order valence-electron chi connectivity index (χ2n) is 4.59. The van der Waals surface area contributed by atoms with Gasteiger partial charge in [0.2, 0.25) is 5.91 Å². The molecule has 1 N–H and O–H groups in total. The molecule has 1 aromatic rings. The van der Waals surface area contributed by atoms with Crippen LogP contribution in [0.5, 0.6) is 5.75 Å². The van der Waals surface area contributed by atoms with Gasteiger partial charge >= 0.3 is 5.97 Å². The van der Waals surface area contributed by atoms with Crippen LogP contribution in [0.4, 0.5) is 0 Å². The zero-order valence-corrected chi connectivity index (χ0v) is 11.7. The average Bonchev–Trinajstić information content (AvgIpc) is 2.53. The van der Waals surface area contributed by atoms with Crippen LogP contribution in [0.15, 0.2) is 30.3 Å². The highest BCUT2D eigenvalue weighted by molar-refractivity contribution is 5.92. The molecule has 2 rings (SSSR count). The van der Waals surface area contributed by atoms with Crippen LogP contribution >= 0.6 is 0 Å². The van der Waals surface area contributed by atoms with Crippen LogP contribution in [0, 0.1) is 0 Å². The Kier molecular flexibility index (Phi) is 4.94. The van der Waals surface area contributed by atoms with Crippen molar-refractivity contribution in [3.8, 4) is 5.75 Å². The molecule has 0 aromatic heterocycles. The van der Waals surface area contributed by atoms with E-state index in [-0.39, 0.29) is 19.1 Å². The lowest BCUT2D eigenvalue weighted by Crippen LogP contribution is -2.48. The van der Waals surface area contributed by atoms with E-state index in [9.17, 15) is 9.59 Å². The molecule has 0 bridgehead atoms. The van der Waals surface area contributed by atoms with Gasteiger partial charge in [-0.3, -0.25) is 4.79 Å². The molecule has 1 saturated heterocycles. The maximum atomic E-state index is 12.0. The average molecular weight is 291 g/mol. The molecule has 1 atom stereocenters. The lowest BCUT2D eigenvalue weighted by atomic mass is 10.2. The first-order valence-electron chi connectivity index (χ1n) is 6.55. The van der Waals surface area contributed by atoms with Crippen molar-refractivity contribution in [2.45, 2.75) is 6.10 Å². The molecule has 1 fully saturated rings. The highest BCUT2D eigenvalue weighted by Gasteiger charge is 2.27. The molecule has 112 valence electrons. The van der Waals surface area contributed by atoms with Crippen LogP contribution in [0.2, 0.25) is 0 Å². The minimum absolute atomic E-state index is 0.0706. The third-order valence-electron chi connectivity index (χ3n) is 3.19. The summed E-state index contributed by atoms with van der Waals surface area (Å²) in [5, 5.41) is 8.90. The van der Waals surface area contributed by atoms with Crippen molar-refractivity contribution >= 4 is 18.0 Å². The lowest BCUT2D eigenvalue weighted by Gasteiger charge is -2.30. The van der Waals surface area contributed by atoms with Gasteiger partial charge in [0.05, 0.1) is 20.3 Å². The molecule has 1 heterocycles. The number of ether oxygens (including phenoxy) is 2. The summed E-state index contributed by atoms with van der Waals surface area (Å²) in [4.78, 5) is 24.4. The van der Waals surface area contributed by atoms with Crippen molar-refractivity contribution in [3.05, 3.63) is 35.9 Å². The van der Waals surface area contributed by atoms with Gasteiger partial charge in [-0.05, 0) is 23.8 Å². The Balaban J connectivity index is 1.96. The number of hydrogen-bond donors (Lipinski definition) is 1. The molecule has 1 unspecified atom stereocenters. The van der Waals surface area contributed by atoms with Gasteiger partial charge in [0, 0.05) is 12.6 Å². The van der Waals surface area contributed by atoms with Gasteiger partial charge < -0.3 is 19.5 Å². The van der Waals surface area contributed by atoms with E-state index in [0.29, 0.717) is 6.54 Å². The maximum absolute atomic E-state index is 12.0. The fourth-order valence-corrected chi connectivity index (χ4v) is 1.99. The van der Waals surface area contributed by atoms with Gasteiger partial charge in [-0.1, -0.05) is 12.1 Å². The van der Waals surface area contributed by atoms with Crippen LogP contribution in [-0.4, -0.2) is 54.8 Å². The van der Waals surface area contributed by atoms with Gasteiger partial charge in [-0.25, -0.2) is 4.79 Å². The predicted octanol–water partition coefficient (Wildman–Crippen LogP) is 1.02. The van der Waals surface area contributed by atoms with Crippen molar-refractivity contribution in [2.24, 2.45) is 0 Å². The summed E-state index contributed by atoms with van der Waals surface area (Å²) in [6.45, 7) is 0.704. The van der Waals surface area contributed by atoms with E-state index in [2.05, 4.69) is 0 Å². The van der Waals surface area contributed by atoms with E-state index < -0.39 is 12.1 Å². The van der Waals surface area contributed by atoms with Gasteiger partial charge in [0.15, 0.2) is 6.10 Å². The maximum Gasteiger partial charge on any atom is 0.334 e. The number of methoxy groups -OCH3 is 1. The monoisotopic (exact) mass is 291 g/mol. The third kappa shape index (κ3) is 4.06. The van der Waals surface area contributed by atoms with E-state index in [1.165, 1.54) is 11.0 Å². The normalized spacial score (nSPS) is 18.7. The quantitative estimate of drug-likeness (QED) is 0.838. The molecule has 21 heavy (non-hydrogen) atoms. The number of aliphatic carboxylic acids is 1. The van der Waals surface area contributed by atoms with Gasteiger partial charge in [0.1, 0.15) is 5.75 Å². The topological polar surface area (TPSA) is 76.1 Å². The molecule has 0 aliphatic carbocycles. The first-order valence-corrected chi connectivity index (χ1v) is 6.55. The molecule has 0 radical (unpaired) electrons. The molecule has 1 aromatic carbocycles. The van der Waals surface area contributed by atoms with Gasteiger partial charge in [0.25, 0.3) is 0 Å². The minimum atomic E-state index is -1.05. The van der Waals surface area contributed by atoms with Crippen molar-refractivity contribution in [2.75, 3.05) is 26.8 Å². The van der Waals surface area contributed by atoms with Crippen molar-refractivity contribution in [3.63, 3.8) is 0 Å². The summed E-state index contributed by atoms with van der Waals surface area (Å²) in [5.41, 5.74) is 0.868. The van der Waals surface area contributed by atoms with Crippen molar-refractivity contribution < 1.29 is 24.2 Å². The molecular weight excluding hydrogens is 274 g/mol. The first-order chi connectivity index (χ1) is 10.1. The number of carbonyl (C=O) groups is 2. The Morgan fingerprint density at radius 3 is 2.71 bits per heavy atom. The van der Waals surface area contributed by atoms with Gasteiger partial charge in [-0.15, -0.1) is 0 Å². The lowest BCUT2D eigenvalue weighted by molar-refractivity contribution is -0.158. The fourth-order valence-electron chi connectivity index (χ4n) is 1.99. The Bertz CT molecular complexity index is 537. The Labute approximate surface area is 122 Å².